The molecular formula is C12H11N3O2. The molecule has 0 radical (unpaired) electrons. The molecule has 0 saturated carbocycles. The monoisotopic (exact) mass is 229 g/mol. The number of nitrogens with one attached hydrogen (secondary N) is 1. The summed E-state index contributed by atoms with van der Waals surface area (Å²) in [5.41, 5.74) is 6.24. The molecule has 0 aliphatic carbocycles. The molecule has 0 spiro atoms. The number of carbonyl (C=O) groups excluding carboxylic acids is 1. The van der Waals surface area contributed by atoms with E-state index in [0.717, 1.165) is 5.56 Å². The number of aromatic nitrogens is 2. The first-order chi connectivity index (χ1) is 8.09. The molecule has 0 saturated heterocycles. The van der Waals surface area contributed by atoms with Gasteiger partial charge in [0, 0.05) is 11.3 Å². The summed E-state index contributed by atoms with van der Waals surface area (Å²) in [5.74, 6) is -0.830. The number of aryl methyl sites for hydroxylation is 1. The lowest BCUT2D eigenvalue weighted by atomic mass is 10.1. The predicted octanol–water partition coefficient (Wildman–Crippen LogP) is 0.844. The number of amides is 1. The van der Waals surface area contributed by atoms with Gasteiger partial charge in [-0.2, -0.15) is 0 Å². The summed E-state index contributed by atoms with van der Waals surface area (Å²) in [4.78, 5) is 29.1. The summed E-state index contributed by atoms with van der Waals surface area (Å²) in [6, 6.07) is 9.27. The van der Waals surface area contributed by atoms with Crippen molar-refractivity contribution >= 4 is 5.91 Å². The largest absolute Gasteiger partial charge is 0.364 e. The smallest absolute Gasteiger partial charge is 0.279 e. The van der Waals surface area contributed by atoms with Crippen LogP contribution in [-0.2, 0) is 0 Å². The lowest BCUT2D eigenvalue weighted by Gasteiger charge is -2.05. The Bertz CT molecular complexity index is 617. The number of hydrogen-bond acceptors (Lipinski definition) is 3. The first kappa shape index (κ1) is 11.1. The van der Waals surface area contributed by atoms with Crippen LogP contribution in [0.3, 0.4) is 0 Å². The average molecular weight is 229 g/mol. The number of nitrogens with two attached hydrogens (primary N) is 1. The van der Waals surface area contributed by atoms with Gasteiger partial charge in [-0.3, -0.25) is 9.59 Å². The summed E-state index contributed by atoms with van der Waals surface area (Å²) in [6.45, 7) is 1.72. The van der Waals surface area contributed by atoms with Crippen molar-refractivity contribution in [3.05, 3.63) is 52.1 Å². The fourth-order valence-electron chi connectivity index (χ4n) is 1.58. The molecule has 0 aliphatic rings. The van der Waals surface area contributed by atoms with Crippen molar-refractivity contribution in [1.29, 1.82) is 0 Å². The van der Waals surface area contributed by atoms with Gasteiger partial charge in [-0.15, -0.1) is 0 Å². The number of hydrogen-bond donors (Lipinski definition) is 2. The highest BCUT2D eigenvalue weighted by molar-refractivity contribution is 5.91. The van der Waals surface area contributed by atoms with E-state index in [1.807, 2.05) is 30.3 Å². The molecule has 17 heavy (non-hydrogen) atoms. The Morgan fingerprint density at radius 3 is 2.53 bits per heavy atom. The summed E-state index contributed by atoms with van der Waals surface area (Å²) < 4.78 is 0. The second-order valence-corrected chi connectivity index (χ2v) is 3.62. The van der Waals surface area contributed by atoms with Gasteiger partial charge in [-0.1, -0.05) is 30.3 Å². The van der Waals surface area contributed by atoms with E-state index in [1.54, 1.807) is 6.92 Å². The first-order valence-corrected chi connectivity index (χ1v) is 5.05. The molecule has 2 rings (SSSR count). The molecule has 1 aromatic carbocycles. The zero-order valence-corrected chi connectivity index (χ0v) is 9.23. The van der Waals surface area contributed by atoms with Crippen molar-refractivity contribution in [3.63, 3.8) is 0 Å². The van der Waals surface area contributed by atoms with Crippen LogP contribution < -0.4 is 11.3 Å². The molecular weight excluding hydrogens is 218 g/mol. The summed E-state index contributed by atoms with van der Waals surface area (Å²) in [5, 5.41) is 0. The molecule has 0 fully saturated rings. The van der Waals surface area contributed by atoms with Gasteiger partial charge in [0.1, 0.15) is 0 Å². The third-order valence-electron chi connectivity index (χ3n) is 2.38. The zero-order chi connectivity index (χ0) is 12.4. The van der Waals surface area contributed by atoms with E-state index in [2.05, 4.69) is 9.97 Å². The fourth-order valence-corrected chi connectivity index (χ4v) is 1.58. The summed E-state index contributed by atoms with van der Waals surface area (Å²) in [7, 11) is 0. The number of benzene rings is 1. The van der Waals surface area contributed by atoms with Crippen molar-refractivity contribution < 1.29 is 4.79 Å². The highest BCUT2D eigenvalue weighted by atomic mass is 16.2. The van der Waals surface area contributed by atoms with E-state index in [4.69, 9.17) is 5.73 Å². The topological polar surface area (TPSA) is 88.8 Å². The van der Waals surface area contributed by atoms with Crippen LogP contribution >= 0.6 is 0 Å². The Balaban J connectivity index is 2.67. The number of aromatic amines is 1. The van der Waals surface area contributed by atoms with Crippen molar-refractivity contribution in [1.82, 2.24) is 9.97 Å². The van der Waals surface area contributed by atoms with E-state index in [0.29, 0.717) is 11.4 Å². The molecule has 0 bridgehead atoms. The zero-order valence-electron chi connectivity index (χ0n) is 9.23. The number of H-pyrrole nitrogens is 1. The van der Waals surface area contributed by atoms with E-state index in [9.17, 15) is 9.59 Å². The van der Waals surface area contributed by atoms with E-state index in [-0.39, 0.29) is 5.69 Å². The molecule has 0 atom stereocenters. The minimum atomic E-state index is -0.830. The van der Waals surface area contributed by atoms with Crippen LogP contribution in [0, 0.1) is 6.92 Å². The second kappa shape index (κ2) is 4.21. The minimum Gasteiger partial charge on any atom is -0.364 e. The minimum absolute atomic E-state index is 0.269. The molecule has 1 aromatic heterocycles. The maximum atomic E-state index is 11.4. The molecule has 3 N–H and O–H groups in total. The Morgan fingerprint density at radius 2 is 1.94 bits per heavy atom. The van der Waals surface area contributed by atoms with Crippen molar-refractivity contribution in [2.45, 2.75) is 6.92 Å². The fraction of sp³-hybridized carbons (Fsp3) is 0.0833. The number of nitrogens with zero attached hydrogens (tertiary/aromatic N) is 1. The second-order valence-electron chi connectivity index (χ2n) is 3.62. The molecule has 0 aliphatic heterocycles. The maximum absolute atomic E-state index is 11.4. The van der Waals surface area contributed by atoms with Crippen molar-refractivity contribution in [2.75, 3.05) is 0 Å². The lowest BCUT2D eigenvalue weighted by molar-refractivity contribution is 0.0994. The van der Waals surface area contributed by atoms with E-state index >= 15 is 0 Å². The maximum Gasteiger partial charge on any atom is 0.279 e. The summed E-state index contributed by atoms with van der Waals surface area (Å²) >= 11 is 0. The summed E-state index contributed by atoms with van der Waals surface area (Å²) in [6.07, 6.45) is 0. The van der Waals surface area contributed by atoms with Gasteiger partial charge in [0.15, 0.2) is 5.69 Å². The van der Waals surface area contributed by atoms with Gasteiger partial charge in [0.2, 0.25) is 0 Å². The molecule has 86 valence electrons. The Kier molecular flexibility index (Phi) is 2.74. The molecule has 5 nitrogen and oxygen atoms in total. The van der Waals surface area contributed by atoms with Crippen LogP contribution in [0.25, 0.3) is 11.3 Å². The van der Waals surface area contributed by atoms with Crippen LogP contribution in [0.1, 0.15) is 16.2 Å². The third-order valence-corrected chi connectivity index (χ3v) is 2.38. The standard InChI is InChI=1S/C12H11N3O2/c1-7-9(8-5-3-2-4-6-8)15-10(11(13)16)12(17)14-7/h2-6H,1H3,(H2,13,16)(H,14,17). The van der Waals surface area contributed by atoms with Gasteiger partial charge in [0.05, 0.1) is 5.69 Å². The van der Waals surface area contributed by atoms with Gasteiger partial charge < -0.3 is 10.7 Å². The Morgan fingerprint density at radius 1 is 1.29 bits per heavy atom. The number of rotatable bonds is 2. The number of carbonyl (C=O) groups is 1. The Labute approximate surface area is 97.3 Å². The van der Waals surface area contributed by atoms with Gasteiger partial charge >= 0.3 is 0 Å². The lowest BCUT2D eigenvalue weighted by Crippen LogP contribution is -2.26. The molecule has 1 amide bonds. The Hall–Kier alpha value is -2.43. The molecule has 2 aromatic rings. The van der Waals surface area contributed by atoms with Crippen LogP contribution in [0.5, 0.6) is 0 Å². The molecule has 0 unspecified atom stereocenters. The number of primary amides is 1. The highest BCUT2D eigenvalue weighted by Gasteiger charge is 2.13. The highest BCUT2D eigenvalue weighted by Crippen LogP contribution is 2.17. The van der Waals surface area contributed by atoms with Gasteiger partial charge in [0.25, 0.3) is 11.5 Å². The normalized spacial score (nSPS) is 10.2. The van der Waals surface area contributed by atoms with Crippen molar-refractivity contribution in [3.8, 4) is 11.3 Å². The first-order valence-electron chi connectivity index (χ1n) is 5.05. The quantitative estimate of drug-likeness (QED) is 0.799. The van der Waals surface area contributed by atoms with Gasteiger partial charge in [-0.05, 0) is 6.92 Å². The van der Waals surface area contributed by atoms with Crippen LogP contribution in [0.2, 0.25) is 0 Å². The molecule has 1 heterocycles. The van der Waals surface area contributed by atoms with Crippen LogP contribution in [-0.4, -0.2) is 15.9 Å². The SMILES string of the molecule is Cc1[nH]c(=O)c(C(N)=O)nc1-c1ccccc1. The van der Waals surface area contributed by atoms with Crippen LogP contribution in [0.15, 0.2) is 35.1 Å². The van der Waals surface area contributed by atoms with Crippen LogP contribution in [0.4, 0.5) is 0 Å². The van der Waals surface area contributed by atoms with E-state index in [1.165, 1.54) is 0 Å². The predicted molar refractivity (Wildman–Crippen MR) is 63.5 cm³/mol. The average Bonchev–Trinajstić information content (AvgIpc) is 2.29. The van der Waals surface area contributed by atoms with Crippen molar-refractivity contribution in [2.24, 2.45) is 5.73 Å². The van der Waals surface area contributed by atoms with E-state index < -0.39 is 11.5 Å². The van der Waals surface area contributed by atoms with Gasteiger partial charge in [-0.25, -0.2) is 4.98 Å². The third kappa shape index (κ3) is 2.08. The molecule has 5 heteroatoms.